The number of carbonyl (C=O) groups is 1. The van der Waals surface area contributed by atoms with Crippen LogP contribution in [0.25, 0.3) is 5.53 Å². The lowest BCUT2D eigenvalue weighted by molar-refractivity contribution is -0.141. The minimum Gasteiger partial charge on any atom is -0.457 e. The predicted octanol–water partition coefficient (Wildman–Crippen LogP) is 0.771. The third-order valence-corrected chi connectivity index (χ3v) is 1.74. The van der Waals surface area contributed by atoms with Crippen molar-refractivity contribution in [1.82, 2.24) is 0 Å². The Morgan fingerprint density at radius 1 is 1.57 bits per heavy atom. The fraction of sp³-hybridized carbons (Fsp3) is 0.778. The largest absolute Gasteiger partial charge is 0.457 e. The van der Waals surface area contributed by atoms with E-state index in [0.717, 1.165) is 12.8 Å². The topological polar surface area (TPSA) is 82.9 Å². The third kappa shape index (κ3) is 4.16. The smallest absolute Gasteiger partial charge is 0.419 e. The second-order valence-electron chi connectivity index (χ2n) is 2.86. The maximum atomic E-state index is 11.1. The van der Waals surface area contributed by atoms with E-state index in [-0.39, 0.29) is 12.3 Å². The van der Waals surface area contributed by atoms with Gasteiger partial charge in [-0.1, -0.05) is 19.8 Å². The highest BCUT2D eigenvalue weighted by Gasteiger charge is 2.30. The second kappa shape index (κ2) is 7.24. The summed E-state index contributed by atoms with van der Waals surface area (Å²) < 4.78 is 4.61. The number of esters is 1. The summed E-state index contributed by atoms with van der Waals surface area (Å²) in [4.78, 5) is 13.9. The zero-order valence-electron chi connectivity index (χ0n) is 8.56. The normalized spacial score (nSPS) is 11.6. The third-order valence-electron chi connectivity index (χ3n) is 1.74. The van der Waals surface area contributed by atoms with E-state index in [1.807, 2.05) is 6.92 Å². The lowest BCUT2D eigenvalue weighted by Crippen LogP contribution is -2.31. The Labute approximate surface area is 83.3 Å². The molecule has 1 N–H and O–H groups in total. The molecule has 0 aromatic rings. The summed E-state index contributed by atoms with van der Waals surface area (Å²) in [6.07, 6.45) is 1.02. The zero-order valence-corrected chi connectivity index (χ0v) is 8.56. The molecule has 0 aliphatic heterocycles. The van der Waals surface area contributed by atoms with E-state index in [0.29, 0.717) is 6.42 Å². The second-order valence-corrected chi connectivity index (χ2v) is 2.86. The van der Waals surface area contributed by atoms with E-state index < -0.39 is 12.1 Å². The number of aliphatic hydroxyl groups is 1. The quantitative estimate of drug-likeness (QED) is 0.297. The summed E-state index contributed by atoms with van der Waals surface area (Å²) in [5, 5.41) is 9.45. The lowest BCUT2D eigenvalue weighted by atomic mass is 10.1. The molecule has 0 saturated heterocycles. The number of ether oxygens (including phenoxy) is 1. The lowest BCUT2D eigenvalue weighted by Gasteiger charge is -2.04. The van der Waals surface area contributed by atoms with Gasteiger partial charge in [0.05, 0.1) is 6.61 Å². The Morgan fingerprint density at radius 3 is 2.64 bits per heavy atom. The van der Waals surface area contributed by atoms with Gasteiger partial charge in [0.1, 0.15) is 0 Å². The average molecular weight is 200 g/mol. The molecule has 0 aromatic carbocycles. The number of hydrogen-bond acceptors (Lipinski definition) is 3. The first-order chi connectivity index (χ1) is 6.67. The average Bonchev–Trinajstić information content (AvgIpc) is 2.16. The molecule has 0 aromatic heterocycles. The molecular weight excluding hydrogens is 184 g/mol. The molecule has 0 radical (unpaired) electrons. The standard InChI is InChI=1S/C9H16N2O3/c1-3-5-6-7(12)8(11-10)9(13)14-4-2/h7,12H,3-6H2,1-2H3/t7-/m0/s1. The summed E-state index contributed by atoms with van der Waals surface area (Å²) in [6, 6.07) is 0. The summed E-state index contributed by atoms with van der Waals surface area (Å²) in [7, 11) is 0. The van der Waals surface area contributed by atoms with Crippen LogP contribution in [0.3, 0.4) is 0 Å². The molecule has 5 nitrogen and oxygen atoms in total. The monoisotopic (exact) mass is 200 g/mol. The van der Waals surface area contributed by atoms with Crippen LogP contribution < -0.4 is 0 Å². The Balaban J connectivity index is 4.27. The maximum absolute atomic E-state index is 11.1. The molecule has 0 aliphatic rings. The molecule has 0 heterocycles. The maximum Gasteiger partial charge on any atom is 0.419 e. The number of nitrogens with zero attached hydrogens (tertiary/aromatic N) is 2. The van der Waals surface area contributed by atoms with Crippen LogP contribution >= 0.6 is 0 Å². The van der Waals surface area contributed by atoms with Crippen LogP contribution in [-0.4, -0.2) is 34.3 Å². The summed E-state index contributed by atoms with van der Waals surface area (Å²) in [5.74, 6) is -0.765. The van der Waals surface area contributed by atoms with E-state index in [1.165, 1.54) is 0 Å². The minimum atomic E-state index is -1.04. The number of carbonyl (C=O) groups excluding carboxylic acids is 1. The van der Waals surface area contributed by atoms with Crippen molar-refractivity contribution < 1.29 is 19.4 Å². The van der Waals surface area contributed by atoms with E-state index in [9.17, 15) is 9.90 Å². The van der Waals surface area contributed by atoms with Crippen LogP contribution in [0.1, 0.15) is 33.1 Å². The molecule has 0 aliphatic carbocycles. The molecule has 5 heteroatoms. The Kier molecular flexibility index (Phi) is 6.62. The molecule has 1 atom stereocenters. The van der Waals surface area contributed by atoms with Crippen molar-refractivity contribution in [2.45, 2.75) is 39.2 Å². The van der Waals surface area contributed by atoms with Crippen LogP contribution in [0.4, 0.5) is 0 Å². The van der Waals surface area contributed by atoms with Crippen molar-refractivity contribution in [3.05, 3.63) is 5.53 Å². The van der Waals surface area contributed by atoms with Gasteiger partial charge in [-0.25, -0.2) is 4.79 Å². The van der Waals surface area contributed by atoms with Crippen LogP contribution in [0, 0.1) is 0 Å². The molecule has 0 saturated carbocycles. The number of rotatable bonds is 6. The number of unbranched alkanes of at least 4 members (excludes halogenated alkanes) is 1. The highest BCUT2D eigenvalue weighted by atomic mass is 16.5. The Hall–Kier alpha value is -1.19. The molecule has 0 amide bonds. The molecule has 0 fully saturated rings. The van der Waals surface area contributed by atoms with Crippen LogP contribution in [-0.2, 0) is 9.53 Å². The molecule has 0 unspecified atom stereocenters. The number of hydrogen-bond donors (Lipinski definition) is 1. The van der Waals surface area contributed by atoms with Gasteiger partial charge in [0.25, 0.3) is 0 Å². The first-order valence-corrected chi connectivity index (χ1v) is 4.74. The van der Waals surface area contributed by atoms with Gasteiger partial charge in [0, 0.05) is 0 Å². The minimum absolute atomic E-state index is 0.193. The van der Waals surface area contributed by atoms with E-state index >= 15 is 0 Å². The SMILES string of the molecule is CCCC[C@H](O)C(=[N+]=[N-])C(=O)OCC. The van der Waals surface area contributed by atoms with Gasteiger partial charge in [-0.15, -0.1) is 0 Å². The first kappa shape index (κ1) is 12.8. The summed E-state index contributed by atoms with van der Waals surface area (Å²) in [5.41, 5.74) is 8.20. The summed E-state index contributed by atoms with van der Waals surface area (Å²) >= 11 is 0. The molecule has 0 rings (SSSR count). The van der Waals surface area contributed by atoms with Crippen molar-refractivity contribution >= 4 is 11.7 Å². The van der Waals surface area contributed by atoms with Crippen molar-refractivity contribution in [3.63, 3.8) is 0 Å². The highest BCUT2D eigenvalue weighted by Crippen LogP contribution is 2.02. The van der Waals surface area contributed by atoms with Crippen LogP contribution in [0.15, 0.2) is 0 Å². The van der Waals surface area contributed by atoms with Crippen molar-refractivity contribution in [3.8, 4) is 0 Å². The zero-order chi connectivity index (χ0) is 11.0. The molecular formula is C9H16N2O3. The van der Waals surface area contributed by atoms with Gasteiger partial charge in [-0.3, -0.25) is 0 Å². The number of aliphatic hydroxyl groups excluding tert-OH is 1. The van der Waals surface area contributed by atoms with Crippen LogP contribution in [0.2, 0.25) is 0 Å². The molecule has 0 bridgehead atoms. The van der Waals surface area contributed by atoms with Crippen LogP contribution in [0.5, 0.6) is 0 Å². The van der Waals surface area contributed by atoms with Gasteiger partial charge in [0.2, 0.25) is 0 Å². The van der Waals surface area contributed by atoms with Gasteiger partial charge >= 0.3 is 11.7 Å². The van der Waals surface area contributed by atoms with Gasteiger partial charge < -0.3 is 15.4 Å². The van der Waals surface area contributed by atoms with Crippen molar-refractivity contribution in [2.75, 3.05) is 6.61 Å². The van der Waals surface area contributed by atoms with Gasteiger partial charge in [-0.05, 0) is 13.3 Å². The van der Waals surface area contributed by atoms with Crippen molar-refractivity contribution in [2.24, 2.45) is 0 Å². The van der Waals surface area contributed by atoms with Gasteiger partial charge in [0.15, 0.2) is 6.10 Å². The predicted molar refractivity (Wildman–Crippen MR) is 50.8 cm³/mol. The van der Waals surface area contributed by atoms with E-state index in [4.69, 9.17) is 5.53 Å². The van der Waals surface area contributed by atoms with E-state index in [2.05, 4.69) is 9.53 Å². The van der Waals surface area contributed by atoms with E-state index in [1.54, 1.807) is 6.92 Å². The van der Waals surface area contributed by atoms with Crippen molar-refractivity contribution in [1.29, 1.82) is 0 Å². The fourth-order valence-corrected chi connectivity index (χ4v) is 0.983. The molecule has 80 valence electrons. The highest BCUT2D eigenvalue weighted by molar-refractivity contribution is 6.35. The Bertz CT molecular complexity index is 234. The molecule has 14 heavy (non-hydrogen) atoms. The fourth-order valence-electron chi connectivity index (χ4n) is 0.983. The molecule has 0 spiro atoms. The van der Waals surface area contributed by atoms with Gasteiger partial charge in [-0.2, -0.15) is 4.79 Å². The first-order valence-electron chi connectivity index (χ1n) is 4.74. The Morgan fingerprint density at radius 2 is 2.21 bits per heavy atom. The summed E-state index contributed by atoms with van der Waals surface area (Å²) in [6.45, 7) is 3.80.